The third-order valence-electron chi connectivity index (χ3n) is 3.60. The molecule has 1 aromatic carbocycles. The zero-order valence-corrected chi connectivity index (χ0v) is 11.1. The lowest BCUT2D eigenvalue weighted by Crippen LogP contribution is -2.45. The summed E-state index contributed by atoms with van der Waals surface area (Å²) in [5.74, 6) is -0.212. The van der Waals surface area contributed by atoms with Crippen LogP contribution in [0.3, 0.4) is 0 Å². The number of aliphatic hydroxyl groups excluding tert-OH is 1. The predicted octanol–water partition coefficient (Wildman–Crippen LogP) is 1.92. The van der Waals surface area contributed by atoms with Crippen molar-refractivity contribution in [3.8, 4) is 0 Å². The lowest BCUT2D eigenvalue weighted by Gasteiger charge is -2.28. The van der Waals surface area contributed by atoms with Crippen LogP contribution < -0.4 is 5.32 Å². The predicted molar refractivity (Wildman–Crippen MR) is 72.2 cm³/mol. The molecule has 0 spiro atoms. The second kappa shape index (κ2) is 5.97. The van der Waals surface area contributed by atoms with E-state index in [1.165, 1.54) is 6.92 Å². The first kappa shape index (κ1) is 13.7. The molecule has 1 aliphatic carbocycles. The van der Waals surface area contributed by atoms with Gasteiger partial charge in [0.15, 0.2) is 5.78 Å². The van der Waals surface area contributed by atoms with Crippen LogP contribution in [0.5, 0.6) is 0 Å². The molecule has 102 valence electrons. The molecule has 2 unspecified atom stereocenters. The van der Waals surface area contributed by atoms with E-state index >= 15 is 0 Å². The molecule has 2 N–H and O–H groups in total. The van der Waals surface area contributed by atoms with Crippen LogP contribution >= 0.6 is 0 Å². The fourth-order valence-electron chi connectivity index (χ4n) is 2.39. The molecule has 0 saturated heterocycles. The average Bonchev–Trinajstić information content (AvgIpc) is 2.41. The lowest BCUT2D eigenvalue weighted by molar-refractivity contribution is 0.0717. The molecule has 1 aliphatic rings. The molecule has 1 aromatic rings. The van der Waals surface area contributed by atoms with Gasteiger partial charge in [0.2, 0.25) is 0 Å². The summed E-state index contributed by atoms with van der Waals surface area (Å²) in [5, 5.41) is 12.7. The number of benzene rings is 1. The second-order valence-electron chi connectivity index (χ2n) is 5.07. The molecular weight excluding hydrogens is 242 g/mol. The third-order valence-corrected chi connectivity index (χ3v) is 3.60. The Balaban J connectivity index is 2.01. The van der Waals surface area contributed by atoms with Crippen molar-refractivity contribution in [1.82, 2.24) is 5.32 Å². The maximum Gasteiger partial charge on any atom is 0.251 e. The number of carbonyl (C=O) groups excluding carboxylic acids is 2. The number of carbonyl (C=O) groups is 2. The van der Waals surface area contributed by atoms with E-state index in [9.17, 15) is 14.7 Å². The maximum atomic E-state index is 12.0. The summed E-state index contributed by atoms with van der Waals surface area (Å²) in [5.41, 5.74) is 1.11. The first-order valence-corrected chi connectivity index (χ1v) is 6.68. The quantitative estimate of drug-likeness (QED) is 0.817. The van der Waals surface area contributed by atoms with Gasteiger partial charge in [-0.25, -0.2) is 0 Å². The van der Waals surface area contributed by atoms with Crippen LogP contribution in [0.15, 0.2) is 24.3 Å². The number of hydrogen-bond acceptors (Lipinski definition) is 3. The molecule has 0 radical (unpaired) electrons. The van der Waals surface area contributed by atoms with Gasteiger partial charge >= 0.3 is 0 Å². The Morgan fingerprint density at radius 3 is 2.26 bits per heavy atom. The minimum atomic E-state index is -0.450. The summed E-state index contributed by atoms with van der Waals surface area (Å²) in [6.45, 7) is 1.49. The normalized spacial score (nSPS) is 22.8. The highest BCUT2D eigenvalue weighted by atomic mass is 16.3. The molecule has 0 bridgehead atoms. The summed E-state index contributed by atoms with van der Waals surface area (Å²) in [4.78, 5) is 23.2. The number of Topliss-reactive ketones (excluding diaryl/α,β-unsaturated/α-hetero) is 1. The number of nitrogens with one attached hydrogen (secondary N) is 1. The van der Waals surface area contributed by atoms with Crippen molar-refractivity contribution in [3.63, 3.8) is 0 Å². The Bertz CT molecular complexity index is 467. The van der Waals surface area contributed by atoms with Crippen molar-refractivity contribution in [2.75, 3.05) is 0 Å². The summed E-state index contributed by atoms with van der Waals surface area (Å²) >= 11 is 0. The van der Waals surface area contributed by atoms with Crippen molar-refractivity contribution in [2.24, 2.45) is 0 Å². The van der Waals surface area contributed by atoms with Crippen molar-refractivity contribution < 1.29 is 14.7 Å². The van der Waals surface area contributed by atoms with E-state index in [4.69, 9.17) is 0 Å². The Hall–Kier alpha value is -1.68. The molecule has 4 nitrogen and oxygen atoms in total. The van der Waals surface area contributed by atoms with Crippen LogP contribution in [-0.2, 0) is 0 Å². The smallest absolute Gasteiger partial charge is 0.251 e. The Morgan fingerprint density at radius 2 is 1.68 bits per heavy atom. The average molecular weight is 261 g/mol. The van der Waals surface area contributed by atoms with E-state index in [0.717, 1.165) is 25.7 Å². The SMILES string of the molecule is CC(=O)c1ccc(C(=O)NC2CCCCC2O)cc1. The van der Waals surface area contributed by atoms with Crippen molar-refractivity contribution >= 4 is 11.7 Å². The fourth-order valence-corrected chi connectivity index (χ4v) is 2.39. The van der Waals surface area contributed by atoms with Gasteiger partial charge in [0, 0.05) is 11.1 Å². The van der Waals surface area contributed by atoms with Gasteiger partial charge in [0.1, 0.15) is 0 Å². The van der Waals surface area contributed by atoms with E-state index in [0.29, 0.717) is 11.1 Å². The topological polar surface area (TPSA) is 66.4 Å². The highest BCUT2D eigenvalue weighted by Crippen LogP contribution is 2.18. The van der Waals surface area contributed by atoms with Gasteiger partial charge in [0.25, 0.3) is 5.91 Å². The van der Waals surface area contributed by atoms with Crippen LogP contribution in [0.25, 0.3) is 0 Å². The number of rotatable bonds is 3. The van der Waals surface area contributed by atoms with Crippen LogP contribution in [0.4, 0.5) is 0 Å². The third kappa shape index (κ3) is 3.41. The summed E-state index contributed by atoms with van der Waals surface area (Å²) in [7, 11) is 0. The van der Waals surface area contributed by atoms with Gasteiger partial charge in [-0.2, -0.15) is 0 Å². The fraction of sp³-hybridized carbons (Fsp3) is 0.467. The molecule has 1 amide bonds. The molecule has 4 heteroatoms. The van der Waals surface area contributed by atoms with E-state index in [1.54, 1.807) is 24.3 Å². The molecule has 0 heterocycles. The molecule has 2 atom stereocenters. The van der Waals surface area contributed by atoms with Crippen molar-refractivity contribution in [1.29, 1.82) is 0 Å². The number of amides is 1. The van der Waals surface area contributed by atoms with E-state index in [2.05, 4.69) is 5.32 Å². The van der Waals surface area contributed by atoms with Gasteiger partial charge in [-0.1, -0.05) is 25.0 Å². The molecular formula is C15H19NO3. The van der Waals surface area contributed by atoms with E-state index < -0.39 is 6.10 Å². The number of ketones is 1. The number of aliphatic hydroxyl groups is 1. The van der Waals surface area contributed by atoms with E-state index in [1.807, 2.05) is 0 Å². The van der Waals surface area contributed by atoms with Gasteiger partial charge in [-0.05, 0) is 31.9 Å². The number of hydrogen-bond donors (Lipinski definition) is 2. The van der Waals surface area contributed by atoms with Crippen LogP contribution in [0, 0.1) is 0 Å². The molecule has 1 saturated carbocycles. The zero-order chi connectivity index (χ0) is 13.8. The van der Waals surface area contributed by atoms with Crippen molar-refractivity contribution in [3.05, 3.63) is 35.4 Å². The first-order chi connectivity index (χ1) is 9.08. The highest BCUT2D eigenvalue weighted by molar-refractivity contribution is 5.97. The van der Waals surface area contributed by atoms with Crippen LogP contribution in [-0.4, -0.2) is 28.9 Å². The lowest BCUT2D eigenvalue weighted by atomic mass is 9.92. The van der Waals surface area contributed by atoms with Gasteiger partial charge in [-0.3, -0.25) is 9.59 Å². The second-order valence-corrected chi connectivity index (χ2v) is 5.07. The molecule has 2 rings (SSSR count). The van der Waals surface area contributed by atoms with Crippen molar-refractivity contribution in [2.45, 2.75) is 44.8 Å². The van der Waals surface area contributed by atoms with Gasteiger partial charge < -0.3 is 10.4 Å². The zero-order valence-electron chi connectivity index (χ0n) is 11.1. The van der Waals surface area contributed by atoms with E-state index in [-0.39, 0.29) is 17.7 Å². The molecule has 0 aliphatic heterocycles. The van der Waals surface area contributed by atoms with Crippen LogP contribution in [0.1, 0.15) is 53.3 Å². The standard InChI is InChI=1S/C15H19NO3/c1-10(17)11-6-8-12(9-7-11)15(19)16-13-4-2-3-5-14(13)18/h6-9,13-14,18H,2-5H2,1H3,(H,16,19). The highest BCUT2D eigenvalue weighted by Gasteiger charge is 2.24. The van der Waals surface area contributed by atoms with Gasteiger partial charge in [-0.15, -0.1) is 0 Å². The summed E-state index contributed by atoms with van der Waals surface area (Å²) in [6, 6.07) is 6.42. The minimum Gasteiger partial charge on any atom is -0.391 e. The van der Waals surface area contributed by atoms with Crippen LogP contribution in [0.2, 0.25) is 0 Å². The first-order valence-electron chi connectivity index (χ1n) is 6.68. The monoisotopic (exact) mass is 261 g/mol. The Labute approximate surface area is 112 Å². The Morgan fingerprint density at radius 1 is 1.11 bits per heavy atom. The minimum absolute atomic E-state index is 0.0188. The molecule has 1 fully saturated rings. The molecule has 19 heavy (non-hydrogen) atoms. The summed E-state index contributed by atoms with van der Waals surface area (Å²) in [6.07, 6.45) is 3.16. The van der Waals surface area contributed by atoms with Gasteiger partial charge in [0.05, 0.1) is 12.1 Å². The summed E-state index contributed by atoms with van der Waals surface area (Å²) < 4.78 is 0. The maximum absolute atomic E-state index is 12.0. The largest absolute Gasteiger partial charge is 0.391 e. The Kier molecular flexibility index (Phi) is 4.32. The molecule has 0 aromatic heterocycles.